The van der Waals surface area contributed by atoms with Crippen molar-refractivity contribution in [2.24, 2.45) is 0 Å². The Labute approximate surface area is 153 Å². The fourth-order valence-corrected chi connectivity index (χ4v) is 2.30. The Hall–Kier alpha value is -1.15. The van der Waals surface area contributed by atoms with Crippen molar-refractivity contribution in [3.05, 3.63) is 30.3 Å². The topological polar surface area (TPSA) is 119 Å². The number of hydrogen-bond acceptors (Lipinski definition) is 4. The van der Waals surface area contributed by atoms with Crippen LogP contribution in [0.25, 0.3) is 0 Å². The lowest BCUT2D eigenvalue weighted by molar-refractivity contribution is 0.304. The van der Waals surface area contributed by atoms with Crippen LogP contribution >= 0.6 is 0 Å². The smallest absolute Gasteiger partial charge is 0.394 e. The van der Waals surface area contributed by atoms with Crippen LogP contribution in [0.15, 0.2) is 30.3 Å². The van der Waals surface area contributed by atoms with E-state index in [2.05, 4.69) is 6.92 Å². The molecule has 0 aliphatic rings. The lowest BCUT2D eigenvalue weighted by Gasteiger charge is -2.05. The van der Waals surface area contributed by atoms with Crippen molar-refractivity contribution < 1.29 is 22.3 Å². The molecule has 6 nitrogen and oxygen atoms in total. The predicted molar refractivity (Wildman–Crippen MR) is 103 cm³/mol. The molecule has 0 heterocycles. The summed E-state index contributed by atoms with van der Waals surface area (Å²) >= 11 is 0. The van der Waals surface area contributed by atoms with Crippen LogP contribution in [0.4, 0.5) is 0 Å². The molecule has 0 aliphatic carbocycles. The van der Waals surface area contributed by atoms with Crippen LogP contribution in [0.3, 0.4) is 0 Å². The number of rotatable bonds is 12. The van der Waals surface area contributed by atoms with Crippen molar-refractivity contribution in [3.63, 3.8) is 0 Å². The summed E-state index contributed by atoms with van der Waals surface area (Å²) in [7, 11) is -4.67. The summed E-state index contributed by atoms with van der Waals surface area (Å²) in [6.45, 7) is 3.14. The first kappa shape index (κ1) is 26.1. The van der Waals surface area contributed by atoms with E-state index in [0.29, 0.717) is 0 Å². The largest absolute Gasteiger partial charge is 0.494 e. The molecule has 5 N–H and O–H groups in total. The Kier molecular flexibility index (Phi) is 18.4. The maximum absolute atomic E-state index is 8.74. The predicted octanol–water partition coefficient (Wildman–Crippen LogP) is 5.50. The lowest BCUT2D eigenvalue weighted by atomic mass is 10.1. The quantitative estimate of drug-likeness (QED) is 0.327. The normalized spacial score (nSPS) is 10.4. The second kappa shape index (κ2) is 17.7. The highest BCUT2D eigenvalue weighted by Gasteiger charge is 1.94. The van der Waals surface area contributed by atoms with Crippen molar-refractivity contribution in [1.82, 2.24) is 6.15 Å². The van der Waals surface area contributed by atoms with Crippen molar-refractivity contribution in [3.8, 4) is 5.75 Å². The average molecular weight is 378 g/mol. The Bertz CT molecular complexity index is 471. The molecule has 0 saturated heterocycles. The zero-order valence-corrected chi connectivity index (χ0v) is 16.2. The van der Waals surface area contributed by atoms with E-state index in [1.807, 2.05) is 30.3 Å². The molecule has 0 saturated carbocycles. The maximum atomic E-state index is 8.74. The first-order valence-electron chi connectivity index (χ1n) is 8.81. The van der Waals surface area contributed by atoms with Crippen molar-refractivity contribution >= 4 is 10.4 Å². The Morgan fingerprint density at radius 3 is 1.64 bits per heavy atom. The van der Waals surface area contributed by atoms with E-state index < -0.39 is 10.4 Å². The minimum absolute atomic E-state index is 0. The van der Waals surface area contributed by atoms with E-state index in [1.54, 1.807) is 0 Å². The minimum atomic E-state index is -4.67. The molecule has 25 heavy (non-hydrogen) atoms. The number of unbranched alkanes of at least 4 members (excludes halogenated alkanes) is 9. The molecular formula is C18H35NO5S. The molecule has 0 amide bonds. The zero-order chi connectivity index (χ0) is 18.1. The van der Waals surface area contributed by atoms with Crippen LogP contribution < -0.4 is 10.9 Å². The van der Waals surface area contributed by atoms with Crippen LogP contribution in [0.5, 0.6) is 5.75 Å². The Balaban J connectivity index is 0. The van der Waals surface area contributed by atoms with Crippen LogP contribution in [-0.4, -0.2) is 24.1 Å². The minimum Gasteiger partial charge on any atom is -0.494 e. The molecule has 0 aliphatic heterocycles. The van der Waals surface area contributed by atoms with Gasteiger partial charge in [0.1, 0.15) is 5.75 Å². The van der Waals surface area contributed by atoms with Gasteiger partial charge in [-0.15, -0.1) is 0 Å². The first-order valence-corrected chi connectivity index (χ1v) is 10.2. The van der Waals surface area contributed by atoms with Crippen LogP contribution in [0.1, 0.15) is 71.1 Å². The van der Waals surface area contributed by atoms with E-state index in [9.17, 15) is 0 Å². The van der Waals surface area contributed by atoms with Gasteiger partial charge in [-0.2, -0.15) is 8.42 Å². The third-order valence-corrected chi connectivity index (χ3v) is 3.51. The van der Waals surface area contributed by atoms with E-state index in [-0.39, 0.29) is 6.15 Å². The van der Waals surface area contributed by atoms with Gasteiger partial charge >= 0.3 is 10.4 Å². The van der Waals surface area contributed by atoms with Crippen LogP contribution in [-0.2, 0) is 10.4 Å². The standard InChI is InChI=1S/C18H30O.H3N.H2O4S/c1-2-3-4-5-6-7-8-9-10-14-17-19-18-15-12-11-13-16-18;;1-5(2,3)4/h11-13,15-16H,2-10,14,17H2,1H3;1H3;(H2,1,2,3,4). The van der Waals surface area contributed by atoms with Gasteiger partial charge in [-0.3, -0.25) is 9.11 Å². The summed E-state index contributed by atoms with van der Waals surface area (Å²) in [5.41, 5.74) is 0. The van der Waals surface area contributed by atoms with Gasteiger partial charge in [0.25, 0.3) is 0 Å². The first-order chi connectivity index (χ1) is 11.4. The summed E-state index contributed by atoms with van der Waals surface area (Å²) in [5, 5.41) is 0. The number of hydrogen-bond donors (Lipinski definition) is 3. The monoisotopic (exact) mass is 377 g/mol. The highest BCUT2D eigenvalue weighted by molar-refractivity contribution is 7.79. The van der Waals surface area contributed by atoms with E-state index in [4.69, 9.17) is 22.3 Å². The van der Waals surface area contributed by atoms with Crippen molar-refractivity contribution in [2.45, 2.75) is 71.1 Å². The molecule has 0 atom stereocenters. The highest BCUT2D eigenvalue weighted by atomic mass is 32.3. The van der Waals surface area contributed by atoms with Crippen molar-refractivity contribution in [2.75, 3.05) is 6.61 Å². The molecular weight excluding hydrogens is 342 g/mol. The van der Waals surface area contributed by atoms with Gasteiger partial charge in [0.05, 0.1) is 6.61 Å². The molecule has 1 aromatic carbocycles. The van der Waals surface area contributed by atoms with Gasteiger partial charge in [0, 0.05) is 0 Å². The average Bonchev–Trinajstić information content (AvgIpc) is 2.52. The van der Waals surface area contributed by atoms with Gasteiger partial charge in [0.15, 0.2) is 0 Å². The van der Waals surface area contributed by atoms with E-state index in [1.165, 1.54) is 64.2 Å². The van der Waals surface area contributed by atoms with Crippen LogP contribution in [0, 0.1) is 0 Å². The molecule has 7 heteroatoms. The summed E-state index contributed by atoms with van der Waals surface area (Å²) in [5.74, 6) is 0.999. The fourth-order valence-electron chi connectivity index (χ4n) is 2.30. The van der Waals surface area contributed by atoms with Gasteiger partial charge in [-0.05, 0) is 18.6 Å². The summed E-state index contributed by atoms with van der Waals surface area (Å²) < 4.78 is 37.3. The molecule has 0 unspecified atom stereocenters. The van der Waals surface area contributed by atoms with Gasteiger partial charge in [-0.25, -0.2) is 0 Å². The van der Waals surface area contributed by atoms with Crippen LogP contribution in [0.2, 0.25) is 0 Å². The maximum Gasteiger partial charge on any atom is 0.394 e. The molecule has 0 bridgehead atoms. The second-order valence-electron chi connectivity index (χ2n) is 5.79. The molecule has 1 rings (SSSR count). The van der Waals surface area contributed by atoms with E-state index in [0.717, 1.165) is 12.4 Å². The van der Waals surface area contributed by atoms with Gasteiger partial charge in [0.2, 0.25) is 0 Å². The van der Waals surface area contributed by atoms with Crippen molar-refractivity contribution in [1.29, 1.82) is 0 Å². The third kappa shape index (κ3) is 25.2. The summed E-state index contributed by atoms with van der Waals surface area (Å²) in [4.78, 5) is 0. The molecule has 0 radical (unpaired) electrons. The van der Waals surface area contributed by atoms with E-state index >= 15 is 0 Å². The lowest BCUT2D eigenvalue weighted by Crippen LogP contribution is -1.96. The number of benzene rings is 1. The Morgan fingerprint density at radius 1 is 0.800 bits per heavy atom. The van der Waals surface area contributed by atoms with Gasteiger partial charge in [-0.1, -0.05) is 82.9 Å². The molecule has 0 spiro atoms. The summed E-state index contributed by atoms with van der Waals surface area (Å²) in [6.07, 6.45) is 13.7. The third-order valence-electron chi connectivity index (χ3n) is 3.51. The molecule has 0 fully saturated rings. The molecule has 1 aromatic rings. The zero-order valence-electron chi connectivity index (χ0n) is 15.4. The number of ether oxygens (including phenoxy) is 1. The fraction of sp³-hybridized carbons (Fsp3) is 0.667. The highest BCUT2D eigenvalue weighted by Crippen LogP contribution is 2.12. The summed E-state index contributed by atoms with van der Waals surface area (Å²) in [6, 6.07) is 10.1. The molecule has 148 valence electrons. The second-order valence-corrected chi connectivity index (χ2v) is 6.69. The number of para-hydroxylation sites is 1. The Morgan fingerprint density at radius 2 is 1.20 bits per heavy atom. The van der Waals surface area contributed by atoms with Gasteiger partial charge < -0.3 is 10.9 Å². The molecule has 0 aromatic heterocycles. The SMILES string of the molecule is CCCCCCCCCCCCOc1ccccc1.N.O=S(=O)(O)O.